The molecule has 0 unspecified atom stereocenters. The van der Waals surface area contributed by atoms with Crippen molar-refractivity contribution in [2.24, 2.45) is 5.73 Å². The van der Waals surface area contributed by atoms with Gasteiger partial charge in [-0.2, -0.15) is 5.10 Å². The van der Waals surface area contributed by atoms with Crippen LogP contribution in [0.25, 0.3) is 11.4 Å². The van der Waals surface area contributed by atoms with E-state index in [-0.39, 0.29) is 24.1 Å². The minimum absolute atomic E-state index is 0. The Labute approximate surface area is 174 Å². The van der Waals surface area contributed by atoms with Crippen molar-refractivity contribution in [2.75, 3.05) is 5.32 Å². The maximum atomic E-state index is 13.3. The summed E-state index contributed by atoms with van der Waals surface area (Å²) < 4.78 is 13.3. The van der Waals surface area contributed by atoms with Gasteiger partial charge in [0.15, 0.2) is 5.82 Å². The Bertz CT molecular complexity index is 965. The van der Waals surface area contributed by atoms with Crippen molar-refractivity contribution in [3.05, 3.63) is 65.7 Å². The predicted octanol–water partition coefficient (Wildman–Crippen LogP) is 3.94. The number of benzene rings is 2. The summed E-state index contributed by atoms with van der Waals surface area (Å²) in [4.78, 5) is 17.5. The minimum Gasteiger partial charge on any atom is -0.325 e. The van der Waals surface area contributed by atoms with E-state index in [9.17, 15) is 9.18 Å². The van der Waals surface area contributed by atoms with Gasteiger partial charge in [0.05, 0.1) is 12.0 Å². The molecule has 0 saturated heterocycles. The highest BCUT2D eigenvalue weighted by Crippen LogP contribution is 2.42. The number of halogens is 2. The lowest BCUT2D eigenvalue weighted by Crippen LogP contribution is -2.38. The van der Waals surface area contributed by atoms with Crippen LogP contribution in [-0.2, 0) is 16.8 Å². The van der Waals surface area contributed by atoms with Gasteiger partial charge in [-0.15, -0.1) is 12.4 Å². The number of aromatic nitrogens is 3. The van der Waals surface area contributed by atoms with E-state index in [1.54, 1.807) is 12.1 Å². The van der Waals surface area contributed by atoms with Crippen LogP contribution in [0.1, 0.15) is 37.1 Å². The molecule has 1 saturated carbocycles. The zero-order valence-corrected chi connectivity index (χ0v) is 16.6. The van der Waals surface area contributed by atoms with E-state index in [2.05, 4.69) is 20.5 Å². The molecule has 152 valence electrons. The maximum absolute atomic E-state index is 13.3. The SMILES string of the molecule is Cl.NCc1nc(-c2ccc(NC(=O)C3(c4ccc(F)cc4)CCCC3)cc2)n[nH]1. The molecule has 0 spiro atoms. The monoisotopic (exact) mass is 415 g/mol. The third-order valence-electron chi connectivity index (χ3n) is 5.41. The Hall–Kier alpha value is -2.77. The summed E-state index contributed by atoms with van der Waals surface area (Å²) in [5, 5.41) is 9.95. The molecule has 29 heavy (non-hydrogen) atoms. The molecule has 4 rings (SSSR count). The van der Waals surface area contributed by atoms with Crippen LogP contribution >= 0.6 is 12.4 Å². The van der Waals surface area contributed by atoms with Gasteiger partial charge in [-0.05, 0) is 54.8 Å². The van der Waals surface area contributed by atoms with Gasteiger partial charge in [0.1, 0.15) is 11.6 Å². The summed E-state index contributed by atoms with van der Waals surface area (Å²) in [6.45, 7) is 0.298. The van der Waals surface area contributed by atoms with Crippen molar-refractivity contribution in [2.45, 2.75) is 37.6 Å². The van der Waals surface area contributed by atoms with Gasteiger partial charge >= 0.3 is 0 Å². The Balaban J connectivity index is 0.00000240. The topological polar surface area (TPSA) is 96.7 Å². The maximum Gasteiger partial charge on any atom is 0.235 e. The van der Waals surface area contributed by atoms with Crippen LogP contribution < -0.4 is 11.1 Å². The van der Waals surface area contributed by atoms with Crippen molar-refractivity contribution in [3.8, 4) is 11.4 Å². The highest BCUT2D eigenvalue weighted by Gasteiger charge is 2.42. The first-order valence-electron chi connectivity index (χ1n) is 9.40. The summed E-state index contributed by atoms with van der Waals surface area (Å²) in [5.41, 5.74) is 7.35. The quantitative estimate of drug-likeness (QED) is 0.588. The molecular weight excluding hydrogens is 393 g/mol. The van der Waals surface area contributed by atoms with Crippen molar-refractivity contribution >= 4 is 24.0 Å². The van der Waals surface area contributed by atoms with Gasteiger partial charge in [0.2, 0.25) is 5.91 Å². The number of anilines is 1. The Morgan fingerprint density at radius 2 is 1.76 bits per heavy atom. The number of nitrogens with zero attached hydrogens (tertiary/aromatic N) is 2. The molecule has 1 aliphatic rings. The van der Waals surface area contributed by atoms with Gasteiger partial charge < -0.3 is 11.1 Å². The largest absolute Gasteiger partial charge is 0.325 e. The average Bonchev–Trinajstić information content (AvgIpc) is 3.39. The van der Waals surface area contributed by atoms with Crippen LogP contribution in [0, 0.1) is 5.82 Å². The number of nitrogens with two attached hydrogens (primary N) is 1. The van der Waals surface area contributed by atoms with Crippen LogP contribution in [0.4, 0.5) is 10.1 Å². The highest BCUT2D eigenvalue weighted by atomic mass is 35.5. The lowest BCUT2D eigenvalue weighted by molar-refractivity contribution is -0.121. The van der Waals surface area contributed by atoms with Crippen LogP contribution in [0.2, 0.25) is 0 Å². The fourth-order valence-corrected chi connectivity index (χ4v) is 3.86. The van der Waals surface area contributed by atoms with E-state index < -0.39 is 5.41 Å². The Kier molecular flexibility index (Phi) is 6.30. The van der Waals surface area contributed by atoms with Crippen LogP contribution in [0.15, 0.2) is 48.5 Å². The van der Waals surface area contributed by atoms with E-state index in [4.69, 9.17) is 5.73 Å². The van der Waals surface area contributed by atoms with Crippen molar-refractivity contribution in [1.82, 2.24) is 15.2 Å². The lowest BCUT2D eigenvalue weighted by atomic mass is 9.78. The third kappa shape index (κ3) is 4.16. The summed E-state index contributed by atoms with van der Waals surface area (Å²) in [5.74, 6) is 0.845. The molecule has 0 aliphatic heterocycles. The summed E-state index contributed by atoms with van der Waals surface area (Å²) in [6.07, 6.45) is 3.50. The standard InChI is InChI=1S/C21H22FN5O.ClH/c22-16-7-5-15(6-8-16)21(11-1-2-12-21)20(28)24-17-9-3-14(4-10-17)19-25-18(13-23)26-27-19;/h3-10H,1-2,11-13,23H2,(H,24,28)(H,25,26,27);1H. The van der Waals surface area contributed by atoms with Crippen LogP contribution in [-0.4, -0.2) is 21.1 Å². The zero-order valence-electron chi connectivity index (χ0n) is 15.8. The second kappa shape index (κ2) is 8.71. The predicted molar refractivity (Wildman–Crippen MR) is 112 cm³/mol. The number of H-pyrrole nitrogens is 1. The highest BCUT2D eigenvalue weighted by molar-refractivity contribution is 5.99. The summed E-state index contributed by atoms with van der Waals surface area (Å²) in [6, 6.07) is 13.7. The van der Waals surface area contributed by atoms with Gasteiger partial charge in [-0.1, -0.05) is 25.0 Å². The first-order chi connectivity index (χ1) is 13.6. The molecule has 2 aromatic carbocycles. The second-order valence-electron chi connectivity index (χ2n) is 7.14. The molecule has 1 amide bonds. The van der Waals surface area contributed by atoms with E-state index >= 15 is 0 Å². The average molecular weight is 416 g/mol. The Morgan fingerprint density at radius 3 is 2.34 bits per heavy atom. The Morgan fingerprint density at radius 1 is 1.10 bits per heavy atom. The van der Waals surface area contributed by atoms with Crippen molar-refractivity contribution in [1.29, 1.82) is 0 Å². The molecule has 4 N–H and O–H groups in total. The summed E-state index contributed by atoms with van der Waals surface area (Å²) >= 11 is 0. The van der Waals surface area contributed by atoms with Crippen LogP contribution in [0.5, 0.6) is 0 Å². The van der Waals surface area contributed by atoms with Gasteiger partial charge in [-0.3, -0.25) is 9.89 Å². The fourth-order valence-electron chi connectivity index (χ4n) is 3.86. The first kappa shape index (κ1) is 21.0. The van der Waals surface area contributed by atoms with Crippen molar-refractivity contribution in [3.63, 3.8) is 0 Å². The molecule has 1 aromatic heterocycles. The van der Waals surface area contributed by atoms with Crippen molar-refractivity contribution < 1.29 is 9.18 Å². The molecule has 0 bridgehead atoms. The summed E-state index contributed by atoms with van der Waals surface area (Å²) in [7, 11) is 0. The van der Waals surface area contributed by atoms with Gasteiger partial charge in [0, 0.05) is 11.3 Å². The number of hydrogen-bond acceptors (Lipinski definition) is 4. The minimum atomic E-state index is -0.605. The normalized spacial score (nSPS) is 15.0. The number of rotatable bonds is 5. The number of amides is 1. The number of hydrogen-bond donors (Lipinski definition) is 3. The van der Waals surface area contributed by atoms with Crippen LogP contribution in [0.3, 0.4) is 0 Å². The molecule has 6 nitrogen and oxygen atoms in total. The molecule has 1 fully saturated rings. The zero-order chi connectivity index (χ0) is 19.6. The first-order valence-corrected chi connectivity index (χ1v) is 9.40. The van der Waals surface area contributed by atoms with E-state index in [1.807, 2.05) is 24.3 Å². The molecule has 0 atom stereocenters. The molecule has 8 heteroatoms. The molecule has 0 radical (unpaired) electrons. The molecular formula is C21H23ClFN5O. The third-order valence-corrected chi connectivity index (χ3v) is 5.41. The number of nitrogens with one attached hydrogen (secondary N) is 2. The molecule has 1 aliphatic carbocycles. The molecule has 3 aromatic rings. The van der Waals surface area contributed by atoms with E-state index in [0.29, 0.717) is 23.9 Å². The van der Waals surface area contributed by atoms with E-state index in [0.717, 1.165) is 36.8 Å². The fraction of sp³-hybridized carbons (Fsp3) is 0.286. The smallest absolute Gasteiger partial charge is 0.235 e. The number of carbonyl (C=O) groups is 1. The second-order valence-corrected chi connectivity index (χ2v) is 7.14. The van der Waals surface area contributed by atoms with Gasteiger partial charge in [0.25, 0.3) is 0 Å². The van der Waals surface area contributed by atoms with E-state index in [1.165, 1.54) is 12.1 Å². The number of aromatic amines is 1. The lowest BCUT2D eigenvalue weighted by Gasteiger charge is -2.28. The molecule has 1 heterocycles. The van der Waals surface area contributed by atoms with Gasteiger partial charge in [-0.25, -0.2) is 9.37 Å². The number of carbonyl (C=O) groups excluding carboxylic acids is 1.